The second-order valence-corrected chi connectivity index (χ2v) is 7.02. The lowest BCUT2D eigenvalue weighted by atomic mass is 9.90. The number of carbonyl (C=O) groups is 1. The van der Waals surface area contributed by atoms with Crippen LogP contribution in [-0.2, 0) is 0 Å². The molecule has 1 aromatic heterocycles. The lowest BCUT2D eigenvalue weighted by Gasteiger charge is -2.41. The lowest BCUT2D eigenvalue weighted by Crippen LogP contribution is -2.46. The van der Waals surface area contributed by atoms with Crippen LogP contribution in [0, 0.1) is 6.92 Å². The molecule has 132 valence electrons. The fourth-order valence-corrected chi connectivity index (χ4v) is 3.66. The number of hydrogen-bond donors (Lipinski definition) is 0. The van der Waals surface area contributed by atoms with Crippen LogP contribution in [0.25, 0.3) is 5.69 Å². The highest BCUT2D eigenvalue weighted by atomic mass is 16.5. The summed E-state index contributed by atoms with van der Waals surface area (Å²) in [5.41, 5.74) is 2.00. The van der Waals surface area contributed by atoms with Gasteiger partial charge in [-0.25, -0.2) is 4.68 Å². The molecule has 1 aromatic carbocycles. The monoisotopic (exact) mass is 340 g/mol. The van der Waals surface area contributed by atoms with Gasteiger partial charge >= 0.3 is 0 Å². The third-order valence-electron chi connectivity index (χ3n) is 5.49. The Labute approximate surface area is 147 Å². The van der Waals surface area contributed by atoms with Crippen molar-refractivity contribution in [1.29, 1.82) is 0 Å². The number of aromatic nitrogens is 3. The van der Waals surface area contributed by atoms with Crippen LogP contribution in [0.2, 0.25) is 0 Å². The minimum Gasteiger partial charge on any atom is -0.490 e. The van der Waals surface area contributed by atoms with E-state index in [1.165, 1.54) is 19.3 Å². The van der Waals surface area contributed by atoms with Gasteiger partial charge in [-0.3, -0.25) is 4.79 Å². The molecular formula is C19H24N4O2. The Balaban J connectivity index is 1.36. The number of carbonyl (C=O) groups excluding carboxylic acids is 1. The van der Waals surface area contributed by atoms with Crippen LogP contribution >= 0.6 is 0 Å². The Morgan fingerprint density at radius 1 is 1.12 bits per heavy atom. The first kappa shape index (κ1) is 16.3. The fourth-order valence-electron chi connectivity index (χ4n) is 3.66. The van der Waals surface area contributed by atoms with E-state index in [9.17, 15) is 4.79 Å². The van der Waals surface area contributed by atoms with E-state index in [0.717, 1.165) is 55.4 Å². The van der Waals surface area contributed by atoms with Crippen LogP contribution in [0.5, 0.6) is 5.75 Å². The number of piperidine rings is 1. The Hall–Kier alpha value is -2.21. The van der Waals surface area contributed by atoms with Gasteiger partial charge in [0.05, 0.1) is 11.4 Å². The standard InChI is InChI=1S/C19H24N4O2/c1-14-19(13-24)20-21-23(14)16-5-7-17(8-6-16)25-18-9-11-22(12-10-18)15-3-2-4-15/h5-8,13,15,18H,2-4,9-12H2,1H3. The maximum Gasteiger partial charge on any atom is 0.172 e. The van der Waals surface area contributed by atoms with Gasteiger partial charge in [-0.1, -0.05) is 11.6 Å². The zero-order chi connectivity index (χ0) is 17.2. The first-order chi connectivity index (χ1) is 12.2. The van der Waals surface area contributed by atoms with Crippen LogP contribution in [-0.4, -0.2) is 51.4 Å². The van der Waals surface area contributed by atoms with Crippen LogP contribution in [0.3, 0.4) is 0 Å². The third-order valence-corrected chi connectivity index (χ3v) is 5.49. The van der Waals surface area contributed by atoms with Gasteiger partial charge in [-0.2, -0.15) is 0 Å². The van der Waals surface area contributed by atoms with E-state index in [-0.39, 0.29) is 0 Å². The summed E-state index contributed by atoms with van der Waals surface area (Å²) >= 11 is 0. The quantitative estimate of drug-likeness (QED) is 0.783. The number of likely N-dealkylation sites (tertiary alicyclic amines) is 1. The zero-order valence-corrected chi connectivity index (χ0v) is 14.6. The largest absolute Gasteiger partial charge is 0.490 e. The minimum atomic E-state index is 0.303. The van der Waals surface area contributed by atoms with E-state index in [1.54, 1.807) is 4.68 Å². The molecule has 1 aliphatic heterocycles. The molecule has 0 N–H and O–H groups in total. The number of hydrogen-bond acceptors (Lipinski definition) is 5. The molecule has 2 fully saturated rings. The molecule has 0 unspecified atom stereocenters. The Morgan fingerprint density at radius 2 is 1.84 bits per heavy atom. The maximum absolute atomic E-state index is 10.9. The second kappa shape index (κ2) is 6.96. The summed E-state index contributed by atoms with van der Waals surface area (Å²) in [6.45, 7) is 4.14. The maximum atomic E-state index is 10.9. The number of aldehydes is 1. The molecule has 1 saturated carbocycles. The molecule has 0 amide bonds. The van der Waals surface area contributed by atoms with Crippen molar-refractivity contribution in [2.45, 2.75) is 51.2 Å². The molecule has 2 aliphatic rings. The minimum absolute atomic E-state index is 0.303. The van der Waals surface area contributed by atoms with Crippen LogP contribution in [0.4, 0.5) is 0 Å². The number of ether oxygens (including phenoxy) is 1. The number of benzene rings is 1. The lowest BCUT2D eigenvalue weighted by molar-refractivity contribution is 0.0493. The van der Waals surface area contributed by atoms with Gasteiger partial charge < -0.3 is 9.64 Å². The predicted molar refractivity (Wildman–Crippen MR) is 94.3 cm³/mol. The van der Waals surface area contributed by atoms with Gasteiger partial charge in [0.2, 0.25) is 0 Å². The molecule has 1 saturated heterocycles. The third kappa shape index (κ3) is 3.31. The van der Waals surface area contributed by atoms with Crippen molar-refractivity contribution in [2.24, 2.45) is 0 Å². The van der Waals surface area contributed by atoms with E-state index in [2.05, 4.69) is 15.2 Å². The molecule has 2 heterocycles. The Kier molecular flexibility index (Phi) is 4.53. The summed E-state index contributed by atoms with van der Waals surface area (Å²) in [6, 6.07) is 8.68. The van der Waals surface area contributed by atoms with E-state index in [1.807, 2.05) is 31.2 Å². The molecule has 6 nitrogen and oxygen atoms in total. The number of nitrogens with zero attached hydrogens (tertiary/aromatic N) is 4. The van der Waals surface area contributed by atoms with Crippen molar-refractivity contribution in [3.63, 3.8) is 0 Å². The highest BCUT2D eigenvalue weighted by molar-refractivity contribution is 5.73. The molecule has 6 heteroatoms. The number of rotatable bonds is 5. The smallest absolute Gasteiger partial charge is 0.172 e. The van der Waals surface area contributed by atoms with E-state index < -0.39 is 0 Å². The average molecular weight is 340 g/mol. The first-order valence-electron chi connectivity index (χ1n) is 9.13. The normalized spacial score (nSPS) is 19.6. The van der Waals surface area contributed by atoms with Gasteiger partial charge in [0.25, 0.3) is 0 Å². The van der Waals surface area contributed by atoms with Crippen molar-refractivity contribution in [2.75, 3.05) is 13.1 Å². The van der Waals surface area contributed by atoms with Gasteiger partial charge in [0.1, 0.15) is 17.5 Å². The van der Waals surface area contributed by atoms with Crippen molar-refractivity contribution in [3.05, 3.63) is 35.7 Å². The Bertz CT molecular complexity index is 728. The topological polar surface area (TPSA) is 60.3 Å². The summed E-state index contributed by atoms with van der Waals surface area (Å²) in [5.74, 6) is 0.888. The summed E-state index contributed by atoms with van der Waals surface area (Å²) in [4.78, 5) is 13.5. The first-order valence-corrected chi connectivity index (χ1v) is 9.13. The van der Waals surface area contributed by atoms with E-state index in [4.69, 9.17) is 4.74 Å². The molecule has 0 spiro atoms. The molecule has 0 bridgehead atoms. The molecule has 2 aromatic rings. The van der Waals surface area contributed by atoms with Crippen LogP contribution < -0.4 is 4.74 Å². The van der Waals surface area contributed by atoms with Gasteiger partial charge in [0, 0.05) is 19.1 Å². The highest BCUT2D eigenvalue weighted by Gasteiger charge is 2.29. The molecule has 0 atom stereocenters. The van der Waals surface area contributed by atoms with E-state index in [0.29, 0.717) is 11.8 Å². The molecular weight excluding hydrogens is 316 g/mol. The van der Waals surface area contributed by atoms with Crippen molar-refractivity contribution in [1.82, 2.24) is 19.9 Å². The summed E-state index contributed by atoms with van der Waals surface area (Å²) in [6.07, 6.45) is 7.38. The average Bonchev–Trinajstić information content (AvgIpc) is 2.96. The fraction of sp³-hybridized carbons (Fsp3) is 0.526. The summed E-state index contributed by atoms with van der Waals surface area (Å²) in [7, 11) is 0. The second-order valence-electron chi connectivity index (χ2n) is 7.02. The van der Waals surface area contributed by atoms with E-state index >= 15 is 0 Å². The molecule has 4 rings (SSSR count). The van der Waals surface area contributed by atoms with Crippen LogP contribution in [0.1, 0.15) is 48.3 Å². The Morgan fingerprint density at radius 3 is 2.40 bits per heavy atom. The van der Waals surface area contributed by atoms with Crippen molar-refractivity contribution >= 4 is 6.29 Å². The van der Waals surface area contributed by atoms with Crippen molar-refractivity contribution in [3.8, 4) is 11.4 Å². The van der Waals surface area contributed by atoms with Crippen molar-refractivity contribution < 1.29 is 9.53 Å². The summed E-state index contributed by atoms with van der Waals surface area (Å²) < 4.78 is 7.83. The molecule has 0 radical (unpaired) electrons. The molecule has 1 aliphatic carbocycles. The summed E-state index contributed by atoms with van der Waals surface area (Å²) in [5, 5.41) is 7.90. The predicted octanol–water partition coefficient (Wildman–Crippen LogP) is 2.78. The van der Waals surface area contributed by atoms with Gasteiger partial charge in [-0.05, 0) is 56.9 Å². The zero-order valence-electron chi connectivity index (χ0n) is 14.6. The highest BCUT2D eigenvalue weighted by Crippen LogP contribution is 2.28. The molecule has 25 heavy (non-hydrogen) atoms. The van der Waals surface area contributed by atoms with Gasteiger partial charge in [-0.15, -0.1) is 5.10 Å². The van der Waals surface area contributed by atoms with Gasteiger partial charge in [0.15, 0.2) is 6.29 Å². The SMILES string of the molecule is Cc1c(C=O)nnn1-c1ccc(OC2CCN(C3CCC3)CC2)cc1. The van der Waals surface area contributed by atoms with Crippen LogP contribution in [0.15, 0.2) is 24.3 Å².